The third-order valence-corrected chi connectivity index (χ3v) is 9.55. The van der Waals surface area contributed by atoms with Crippen molar-refractivity contribution in [1.29, 1.82) is 0 Å². The molecule has 6 rings (SSSR count). The number of amides is 2. The summed E-state index contributed by atoms with van der Waals surface area (Å²) in [6.45, 7) is 1.58. The largest absolute Gasteiger partial charge is 0.505 e. The van der Waals surface area contributed by atoms with E-state index in [0.717, 1.165) is 0 Å². The van der Waals surface area contributed by atoms with Gasteiger partial charge in [0.1, 0.15) is 5.75 Å². The molecule has 6 N–H and O–H groups in total. The van der Waals surface area contributed by atoms with E-state index in [1.54, 1.807) is 37.3 Å². The number of aliphatic hydroxyl groups is 2. The van der Waals surface area contributed by atoms with Gasteiger partial charge in [-0.25, -0.2) is 0 Å². The SMILES string of the molecule is C[C@H]1c2ccc(NC(=O)c3ccc(C(=O)c4ccccc4)cc3)c(O)c2C(=O)C2C(=O)[C@]3(O)C(=O)C(C(N)=O)C(=O)C[C@@H]3[C@@H](O)[C@@H]21. The summed E-state index contributed by atoms with van der Waals surface area (Å²) in [5.41, 5.74) is 2.84. The quantitative estimate of drug-likeness (QED) is 0.156. The van der Waals surface area contributed by atoms with Crippen LogP contribution >= 0.6 is 0 Å². The van der Waals surface area contributed by atoms with Gasteiger partial charge >= 0.3 is 0 Å². The highest BCUT2D eigenvalue weighted by molar-refractivity contribution is 6.31. The molecule has 0 radical (unpaired) electrons. The second kappa shape index (κ2) is 10.9. The van der Waals surface area contributed by atoms with Crippen molar-refractivity contribution in [3.63, 3.8) is 0 Å². The maximum atomic E-state index is 13.9. The summed E-state index contributed by atoms with van der Waals surface area (Å²) in [6, 6.07) is 17.2. The number of benzene rings is 3. The molecule has 12 nitrogen and oxygen atoms in total. The van der Waals surface area contributed by atoms with Crippen molar-refractivity contribution in [2.45, 2.75) is 31.0 Å². The van der Waals surface area contributed by atoms with Crippen LogP contribution in [-0.2, 0) is 19.2 Å². The van der Waals surface area contributed by atoms with Crippen molar-refractivity contribution < 1.29 is 48.9 Å². The average Bonchev–Trinajstić information content (AvgIpc) is 3.04. The molecule has 0 heterocycles. The van der Waals surface area contributed by atoms with Gasteiger partial charge in [-0.2, -0.15) is 0 Å². The summed E-state index contributed by atoms with van der Waals surface area (Å²) in [5, 5.41) is 36.4. The van der Waals surface area contributed by atoms with Crippen LogP contribution < -0.4 is 11.1 Å². The van der Waals surface area contributed by atoms with E-state index < -0.39 is 88.4 Å². The number of Topliss-reactive ketones (excluding diaryl/α,β-unsaturated/α-hetero) is 4. The molecule has 3 aliphatic carbocycles. The van der Waals surface area contributed by atoms with E-state index in [1.165, 1.54) is 36.4 Å². The first kappa shape index (κ1) is 30.7. The maximum absolute atomic E-state index is 13.9. The predicted molar refractivity (Wildman–Crippen MR) is 159 cm³/mol. The van der Waals surface area contributed by atoms with E-state index in [9.17, 15) is 48.9 Å². The van der Waals surface area contributed by atoms with Gasteiger partial charge in [-0.3, -0.25) is 33.6 Å². The zero-order valence-corrected chi connectivity index (χ0v) is 24.3. The number of hydrogen-bond acceptors (Lipinski definition) is 10. The first-order chi connectivity index (χ1) is 21.8. The highest BCUT2D eigenvalue weighted by atomic mass is 16.3. The normalized spacial score (nSPS) is 28.5. The van der Waals surface area contributed by atoms with Crippen LogP contribution in [0.3, 0.4) is 0 Å². The van der Waals surface area contributed by atoms with E-state index in [2.05, 4.69) is 5.32 Å². The topological polar surface area (TPSA) is 218 Å². The average molecular weight is 625 g/mol. The molecule has 3 aromatic carbocycles. The summed E-state index contributed by atoms with van der Waals surface area (Å²) < 4.78 is 0. The van der Waals surface area contributed by atoms with Crippen LogP contribution in [0.5, 0.6) is 5.75 Å². The Morgan fingerprint density at radius 1 is 0.870 bits per heavy atom. The number of aliphatic hydroxyl groups excluding tert-OH is 1. The van der Waals surface area contributed by atoms with Crippen LogP contribution in [0.25, 0.3) is 0 Å². The van der Waals surface area contributed by atoms with Crippen molar-refractivity contribution in [3.05, 3.63) is 94.5 Å². The van der Waals surface area contributed by atoms with Crippen LogP contribution in [0.1, 0.15) is 61.5 Å². The Bertz CT molecular complexity index is 1870. The Labute approximate surface area is 261 Å². The Morgan fingerprint density at radius 2 is 1.48 bits per heavy atom. The molecule has 2 saturated carbocycles. The van der Waals surface area contributed by atoms with Crippen molar-refractivity contribution >= 4 is 46.4 Å². The van der Waals surface area contributed by atoms with E-state index >= 15 is 0 Å². The summed E-state index contributed by atoms with van der Waals surface area (Å²) in [6.07, 6.45) is -2.36. The van der Waals surface area contributed by atoms with Gasteiger partial charge in [0, 0.05) is 34.9 Å². The molecule has 7 atom stereocenters. The second-order valence-corrected chi connectivity index (χ2v) is 12.0. The number of nitrogens with one attached hydrogen (secondary N) is 1. The Hall–Kier alpha value is -5.33. The number of hydrogen-bond donors (Lipinski definition) is 5. The summed E-state index contributed by atoms with van der Waals surface area (Å²) in [5.74, 6) is -15.2. The predicted octanol–water partition coefficient (Wildman–Crippen LogP) is 1.34. The minimum Gasteiger partial charge on any atom is -0.505 e. The van der Waals surface area contributed by atoms with Gasteiger partial charge in [-0.05, 0) is 29.7 Å². The summed E-state index contributed by atoms with van der Waals surface area (Å²) in [7, 11) is 0. The maximum Gasteiger partial charge on any atom is 0.255 e. The molecule has 2 fully saturated rings. The third-order valence-electron chi connectivity index (χ3n) is 9.55. The zero-order chi connectivity index (χ0) is 33.2. The smallest absolute Gasteiger partial charge is 0.255 e. The molecule has 0 bridgehead atoms. The molecule has 0 aromatic heterocycles. The highest BCUT2D eigenvalue weighted by Gasteiger charge is 2.69. The molecule has 0 aliphatic heterocycles. The van der Waals surface area contributed by atoms with Crippen LogP contribution in [-0.4, -0.2) is 67.8 Å². The third kappa shape index (κ3) is 4.40. The number of anilines is 1. The van der Waals surface area contributed by atoms with Gasteiger partial charge in [-0.1, -0.05) is 55.5 Å². The minimum absolute atomic E-state index is 0.134. The highest BCUT2D eigenvalue weighted by Crippen LogP contribution is 2.54. The van der Waals surface area contributed by atoms with Gasteiger partial charge < -0.3 is 26.4 Å². The molecule has 2 amide bonds. The number of fused-ring (bicyclic) bond motifs is 3. The molecule has 0 saturated heterocycles. The number of nitrogens with two attached hydrogens (primary N) is 1. The van der Waals surface area contributed by atoms with Crippen molar-refractivity contribution in [2.24, 2.45) is 29.4 Å². The molecule has 46 heavy (non-hydrogen) atoms. The fraction of sp³-hybridized carbons (Fsp3) is 0.265. The fourth-order valence-corrected chi connectivity index (χ4v) is 7.18. The number of carbonyl (C=O) groups excluding carboxylic acids is 7. The molecule has 234 valence electrons. The lowest BCUT2D eigenvalue weighted by molar-refractivity contribution is -0.189. The fourth-order valence-electron chi connectivity index (χ4n) is 7.18. The van der Waals surface area contributed by atoms with Gasteiger partial charge in [-0.15, -0.1) is 0 Å². The van der Waals surface area contributed by atoms with E-state index in [0.29, 0.717) is 11.1 Å². The van der Waals surface area contributed by atoms with Gasteiger partial charge in [0.15, 0.2) is 40.4 Å². The van der Waals surface area contributed by atoms with E-state index in [1.807, 2.05) is 0 Å². The van der Waals surface area contributed by atoms with Crippen molar-refractivity contribution in [2.75, 3.05) is 5.32 Å². The first-order valence-electron chi connectivity index (χ1n) is 14.5. The standard InChI is InChI=1S/C34H28N2O10/c1-14-18-11-12-20(36-33(45)17-9-7-16(8-10-17)26(38)15-5-3-2-4-6-15)28(40)23(18)29(41)25-22(14)27(39)19-13-21(37)24(32(35)44)30(42)34(19,46)31(25)43/h2-12,14,19,22,24-25,27,39-40,46H,13H2,1H3,(H2,35,44)(H,36,45)/t14-,19+,22+,24?,25?,27+,34+/m0/s1. The van der Waals surface area contributed by atoms with Gasteiger partial charge in [0.05, 0.1) is 23.3 Å². The van der Waals surface area contributed by atoms with E-state index in [4.69, 9.17) is 5.73 Å². The minimum atomic E-state index is -3.03. The Morgan fingerprint density at radius 3 is 2.11 bits per heavy atom. The molecular formula is C34H28N2O10. The lowest BCUT2D eigenvalue weighted by Crippen LogP contribution is -2.72. The number of ketones is 5. The number of rotatable bonds is 5. The number of aromatic hydroxyl groups is 1. The van der Waals surface area contributed by atoms with Crippen LogP contribution in [0, 0.1) is 23.7 Å². The molecule has 2 unspecified atom stereocenters. The monoisotopic (exact) mass is 624 g/mol. The Kier molecular flexibility index (Phi) is 7.29. The summed E-state index contributed by atoms with van der Waals surface area (Å²) >= 11 is 0. The number of phenols is 1. The number of phenolic OH excluding ortho intramolecular Hbond substituents is 1. The zero-order valence-electron chi connectivity index (χ0n) is 24.3. The molecule has 3 aliphatic rings. The lowest BCUT2D eigenvalue weighted by atomic mass is 9.50. The van der Waals surface area contributed by atoms with Crippen molar-refractivity contribution in [3.8, 4) is 5.75 Å². The number of carbonyl (C=O) groups is 7. The molecule has 3 aromatic rings. The van der Waals surface area contributed by atoms with Crippen LogP contribution in [0.4, 0.5) is 5.69 Å². The first-order valence-corrected chi connectivity index (χ1v) is 14.5. The van der Waals surface area contributed by atoms with Crippen LogP contribution in [0.2, 0.25) is 0 Å². The second-order valence-electron chi connectivity index (χ2n) is 12.0. The van der Waals surface area contributed by atoms with Crippen LogP contribution in [0.15, 0.2) is 66.7 Å². The molecule has 0 spiro atoms. The van der Waals surface area contributed by atoms with E-state index in [-0.39, 0.29) is 28.2 Å². The Balaban J connectivity index is 1.30. The molecule has 12 heteroatoms. The van der Waals surface area contributed by atoms with Gasteiger partial charge in [0.25, 0.3) is 5.91 Å². The van der Waals surface area contributed by atoms with Gasteiger partial charge in [0.2, 0.25) is 5.91 Å². The molecular weight excluding hydrogens is 596 g/mol. The lowest BCUT2D eigenvalue weighted by Gasteiger charge is -2.52. The van der Waals surface area contributed by atoms with Crippen molar-refractivity contribution in [1.82, 2.24) is 0 Å². The summed E-state index contributed by atoms with van der Waals surface area (Å²) in [4.78, 5) is 91.1. The number of primary amides is 1.